The largest absolute Gasteiger partial charge is 0.507 e. The zero-order valence-corrected chi connectivity index (χ0v) is 16.0. The normalized spacial score (nSPS) is 11.6. The van der Waals surface area contributed by atoms with Crippen LogP contribution in [0.5, 0.6) is 5.75 Å². The maximum absolute atomic E-state index is 10.8. The molecule has 3 aromatic carbocycles. The zero-order chi connectivity index (χ0) is 21.1. The molecule has 0 spiro atoms. The number of rotatable bonds is 5. The van der Waals surface area contributed by atoms with Crippen molar-refractivity contribution < 1.29 is 14.4 Å². The standard InChI is InChI=1S/C23H17N3O4/c1-15-7-9-20-22(12-15)30-23(25-20)19-14-17(8-10-21(19)27)24-11-3-5-16-4-2-6-18(13-16)26(28)29/h2-14,27H,1H3/b5-3+,24-11?. The number of aromatic hydroxyl groups is 1. The fourth-order valence-electron chi connectivity index (χ4n) is 2.95. The molecule has 4 rings (SSSR count). The van der Waals surface area contributed by atoms with Gasteiger partial charge in [0.15, 0.2) is 5.58 Å². The van der Waals surface area contributed by atoms with Crippen molar-refractivity contribution >= 4 is 34.8 Å². The average Bonchev–Trinajstić information content (AvgIpc) is 3.15. The highest BCUT2D eigenvalue weighted by Crippen LogP contribution is 2.34. The van der Waals surface area contributed by atoms with Crippen LogP contribution in [0.25, 0.3) is 28.6 Å². The van der Waals surface area contributed by atoms with Crippen LogP contribution in [-0.4, -0.2) is 21.2 Å². The molecular weight excluding hydrogens is 382 g/mol. The summed E-state index contributed by atoms with van der Waals surface area (Å²) in [5.74, 6) is 0.363. The molecule has 7 nitrogen and oxygen atoms in total. The average molecular weight is 399 g/mol. The van der Waals surface area contributed by atoms with Crippen LogP contribution in [-0.2, 0) is 0 Å². The third-order valence-corrected chi connectivity index (χ3v) is 4.43. The van der Waals surface area contributed by atoms with Gasteiger partial charge in [-0.25, -0.2) is 4.98 Å². The lowest BCUT2D eigenvalue weighted by atomic mass is 10.1. The Labute approximate surface area is 171 Å². The fraction of sp³-hybridized carbons (Fsp3) is 0.0435. The van der Waals surface area contributed by atoms with E-state index in [0.717, 1.165) is 5.56 Å². The van der Waals surface area contributed by atoms with E-state index < -0.39 is 4.92 Å². The highest BCUT2D eigenvalue weighted by atomic mass is 16.6. The Morgan fingerprint density at radius 3 is 2.83 bits per heavy atom. The van der Waals surface area contributed by atoms with Crippen molar-refractivity contribution in [2.24, 2.45) is 4.99 Å². The minimum absolute atomic E-state index is 0.0331. The van der Waals surface area contributed by atoms with E-state index in [1.54, 1.807) is 42.6 Å². The van der Waals surface area contributed by atoms with Crippen molar-refractivity contribution in [3.05, 3.63) is 88.0 Å². The molecule has 0 saturated carbocycles. The molecule has 30 heavy (non-hydrogen) atoms. The monoisotopic (exact) mass is 399 g/mol. The summed E-state index contributed by atoms with van der Waals surface area (Å²) in [6, 6.07) is 16.9. The van der Waals surface area contributed by atoms with Crippen molar-refractivity contribution in [1.29, 1.82) is 0 Å². The van der Waals surface area contributed by atoms with Crippen LogP contribution in [0, 0.1) is 17.0 Å². The number of phenols is 1. The predicted molar refractivity (Wildman–Crippen MR) is 116 cm³/mol. The lowest BCUT2D eigenvalue weighted by Gasteiger charge is -2.01. The molecule has 4 aromatic rings. The maximum Gasteiger partial charge on any atom is 0.270 e. The molecule has 0 aliphatic carbocycles. The molecule has 148 valence electrons. The topological polar surface area (TPSA) is 102 Å². The number of nitrogens with zero attached hydrogens (tertiary/aromatic N) is 3. The summed E-state index contributed by atoms with van der Waals surface area (Å²) in [6.07, 6.45) is 4.99. The number of oxazole rings is 1. The third kappa shape index (κ3) is 4.10. The number of aromatic nitrogens is 1. The first-order chi connectivity index (χ1) is 14.5. The number of fused-ring (bicyclic) bond motifs is 1. The summed E-state index contributed by atoms with van der Waals surface area (Å²) in [4.78, 5) is 19.2. The Balaban J connectivity index is 1.57. The van der Waals surface area contributed by atoms with Gasteiger partial charge < -0.3 is 9.52 Å². The molecule has 7 heteroatoms. The second kappa shape index (κ2) is 8.00. The molecule has 0 fully saturated rings. The number of benzene rings is 3. The van der Waals surface area contributed by atoms with Gasteiger partial charge in [0.2, 0.25) is 5.89 Å². The van der Waals surface area contributed by atoms with E-state index in [2.05, 4.69) is 9.98 Å². The zero-order valence-electron chi connectivity index (χ0n) is 16.0. The van der Waals surface area contributed by atoms with Crippen molar-refractivity contribution in [2.75, 3.05) is 0 Å². The molecule has 0 amide bonds. The highest BCUT2D eigenvalue weighted by molar-refractivity contribution is 5.82. The smallest absolute Gasteiger partial charge is 0.270 e. The number of hydrogen-bond acceptors (Lipinski definition) is 6. The highest BCUT2D eigenvalue weighted by Gasteiger charge is 2.13. The van der Waals surface area contributed by atoms with E-state index in [-0.39, 0.29) is 11.4 Å². The number of phenolic OH excluding ortho intramolecular Hbond substituents is 1. The SMILES string of the molecule is Cc1ccc2nc(-c3cc(N=C/C=C/c4cccc([N+](=O)[O-])c4)ccc3O)oc2c1. The Morgan fingerprint density at radius 1 is 1.13 bits per heavy atom. The lowest BCUT2D eigenvalue weighted by molar-refractivity contribution is -0.384. The van der Waals surface area contributed by atoms with Gasteiger partial charge >= 0.3 is 0 Å². The molecular formula is C23H17N3O4. The number of aryl methyl sites for hydroxylation is 1. The van der Waals surface area contributed by atoms with Crippen LogP contribution in [0.2, 0.25) is 0 Å². The molecule has 0 radical (unpaired) electrons. The predicted octanol–water partition coefficient (Wildman–Crippen LogP) is 5.83. The van der Waals surface area contributed by atoms with Crippen LogP contribution < -0.4 is 0 Å². The van der Waals surface area contributed by atoms with E-state index in [0.29, 0.717) is 33.8 Å². The minimum Gasteiger partial charge on any atom is -0.507 e. The van der Waals surface area contributed by atoms with Crippen LogP contribution in [0.15, 0.2) is 76.1 Å². The van der Waals surface area contributed by atoms with E-state index in [4.69, 9.17) is 4.42 Å². The van der Waals surface area contributed by atoms with Crippen molar-refractivity contribution in [1.82, 2.24) is 4.98 Å². The molecule has 0 bridgehead atoms. The van der Waals surface area contributed by atoms with Gasteiger partial charge in [-0.1, -0.05) is 24.3 Å². The van der Waals surface area contributed by atoms with Gasteiger partial charge in [0.1, 0.15) is 11.3 Å². The van der Waals surface area contributed by atoms with Crippen LogP contribution in [0.4, 0.5) is 11.4 Å². The van der Waals surface area contributed by atoms with Crippen LogP contribution in [0.3, 0.4) is 0 Å². The maximum atomic E-state index is 10.8. The van der Waals surface area contributed by atoms with Gasteiger partial charge in [-0.05, 0) is 54.5 Å². The molecule has 0 aliphatic heterocycles. The van der Waals surface area contributed by atoms with E-state index in [1.165, 1.54) is 18.2 Å². The summed E-state index contributed by atoms with van der Waals surface area (Å²) >= 11 is 0. The quantitative estimate of drug-likeness (QED) is 0.258. The summed E-state index contributed by atoms with van der Waals surface area (Å²) in [5.41, 5.74) is 4.20. The Bertz CT molecular complexity index is 1310. The molecule has 1 aromatic heterocycles. The number of hydrogen-bond donors (Lipinski definition) is 1. The van der Waals surface area contributed by atoms with E-state index >= 15 is 0 Å². The van der Waals surface area contributed by atoms with Gasteiger partial charge in [0, 0.05) is 18.3 Å². The second-order valence-corrected chi connectivity index (χ2v) is 6.68. The molecule has 0 aliphatic rings. The lowest BCUT2D eigenvalue weighted by Crippen LogP contribution is -1.87. The van der Waals surface area contributed by atoms with Crippen molar-refractivity contribution in [3.8, 4) is 17.2 Å². The molecule has 1 heterocycles. The minimum atomic E-state index is -0.434. The first-order valence-electron chi connectivity index (χ1n) is 9.15. The van der Waals surface area contributed by atoms with Gasteiger partial charge in [-0.15, -0.1) is 0 Å². The molecule has 0 atom stereocenters. The van der Waals surface area contributed by atoms with Crippen LogP contribution in [0.1, 0.15) is 11.1 Å². The van der Waals surface area contributed by atoms with Gasteiger partial charge in [-0.3, -0.25) is 15.1 Å². The Morgan fingerprint density at radius 2 is 2.00 bits per heavy atom. The fourth-order valence-corrected chi connectivity index (χ4v) is 2.95. The Hall–Kier alpha value is -4.26. The van der Waals surface area contributed by atoms with E-state index in [1.807, 2.05) is 25.1 Å². The molecule has 0 unspecified atom stereocenters. The number of nitro groups is 1. The van der Waals surface area contributed by atoms with Crippen molar-refractivity contribution in [3.63, 3.8) is 0 Å². The second-order valence-electron chi connectivity index (χ2n) is 6.68. The molecule has 0 saturated heterocycles. The van der Waals surface area contributed by atoms with Gasteiger partial charge in [0.25, 0.3) is 5.69 Å². The van der Waals surface area contributed by atoms with Crippen LogP contribution >= 0.6 is 0 Å². The van der Waals surface area contributed by atoms with Gasteiger partial charge in [0.05, 0.1) is 16.2 Å². The van der Waals surface area contributed by atoms with Gasteiger partial charge in [-0.2, -0.15) is 0 Å². The first kappa shape index (κ1) is 19.1. The summed E-state index contributed by atoms with van der Waals surface area (Å²) in [5, 5.41) is 21.1. The summed E-state index contributed by atoms with van der Waals surface area (Å²) in [7, 11) is 0. The first-order valence-corrected chi connectivity index (χ1v) is 9.15. The third-order valence-electron chi connectivity index (χ3n) is 4.43. The molecule has 1 N–H and O–H groups in total. The number of non-ortho nitro benzene ring substituents is 1. The van der Waals surface area contributed by atoms with E-state index in [9.17, 15) is 15.2 Å². The number of allylic oxidation sites excluding steroid dienone is 1. The van der Waals surface area contributed by atoms with Crippen molar-refractivity contribution in [2.45, 2.75) is 6.92 Å². The summed E-state index contributed by atoms with van der Waals surface area (Å²) in [6.45, 7) is 1.97. The number of aliphatic imine (C=N–C) groups is 1. The number of nitro benzene ring substituents is 1. The summed E-state index contributed by atoms with van der Waals surface area (Å²) < 4.78 is 5.79. The Kier molecular flexibility index (Phi) is 5.09.